The van der Waals surface area contributed by atoms with Gasteiger partial charge in [0.15, 0.2) is 17.1 Å². The molecule has 4 rings (SSSR count). The van der Waals surface area contributed by atoms with Crippen LogP contribution in [-0.2, 0) is 17.8 Å². The van der Waals surface area contributed by atoms with Crippen LogP contribution in [0.1, 0.15) is 18.1 Å². The molecule has 1 unspecified atom stereocenters. The van der Waals surface area contributed by atoms with Crippen LogP contribution in [0.25, 0.3) is 11.1 Å². The van der Waals surface area contributed by atoms with Gasteiger partial charge < -0.3 is 24.4 Å². The average molecular weight is 448 g/mol. The molecule has 0 saturated carbocycles. The zero-order chi connectivity index (χ0) is 23.6. The van der Waals surface area contributed by atoms with Gasteiger partial charge in [0.05, 0.1) is 14.2 Å². The van der Waals surface area contributed by atoms with Crippen LogP contribution in [0.3, 0.4) is 0 Å². The molecule has 0 fully saturated rings. The van der Waals surface area contributed by atoms with E-state index >= 15 is 0 Å². The van der Waals surface area contributed by atoms with Crippen molar-refractivity contribution in [2.75, 3.05) is 33.2 Å². The predicted molar refractivity (Wildman–Crippen MR) is 128 cm³/mol. The van der Waals surface area contributed by atoms with Gasteiger partial charge in [0.1, 0.15) is 0 Å². The largest absolute Gasteiger partial charge is 0.493 e. The zero-order valence-electron chi connectivity index (χ0n) is 19.6. The molecule has 0 radical (unpaired) electrons. The predicted octanol–water partition coefficient (Wildman–Crippen LogP) is 3.84. The van der Waals surface area contributed by atoms with Gasteiger partial charge in [-0.3, -0.25) is 4.79 Å². The van der Waals surface area contributed by atoms with Gasteiger partial charge in [-0.2, -0.15) is 0 Å². The normalized spacial score (nSPS) is 16.5. The first-order valence-corrected chi connectivity index (χ1v) is 10.8. The van der Waals surface area contributed by atoms with E-state index in [0.29, 0.717) is 30.3 Å². The minimum Gasteiger partial charge on any atom is -0.493 e. The lowest BCUT2D eigenvalue weighted by atomic mass is 9.93. The second kappa shape index (κ2) is 9.02. The Kier molecular flexibility index (Phi) is 6.14. The van der Waals surface area contributed by atoms with Crippen molar-refractivity contribution in [3.63, 3.8) is 0 Å². The highest BCUT2D eigenvalue weighted by Crippen LogP contribution is 2.40. The van der Waals surface area contributed by atoms with E-state index in [1.807, 2.05) is 38.4 Å². The monoisotopic (exact) mass is 447 g/mol. The Morgan fingerprint density at radius 2 is 1.82 bits per heavy atom. The third-order valence-electron chi connectivity index (χ3n) is 5.93. The number of pyridine rings is 1. The van der Waals surface area contributed by atoms with Crippen molar-refractivity contribution < 1.29 is 19.0 Å². The van der Waals surface area contributed by atoms with Crippen LogP contribution in [0, 0.1) is 0 Å². The van der Waals surface area contributed by atoms with E-state index in [1.54, 1.807) is 27.3 Å². The average Bonchev–Trinajstić information content (AvgIpc) is 3.19. The van der Waals surface area contributed by atoms with Gasteiger partial charge >= 0.3 is 0 Å². The number of carbonyl (C=O) groups is 1. The fraction of sp³-hybridized carbons (Fsp3) is 0.308. The summed E-state index contributed by atoms with van der Waals surface area (Å²) in [6.45, 7) is 2.15. The molecule has 1 aromatic heterocycles. The molecule has 7 nitrogen and oxygen atoms in total. The van der Waals surface area contributed by atoms with E-state index in [9.17, 15) is 4.79 Å². The summed E-state index contributed by atoms with van der Waals surface area (Å²) in [5, 5.41) is 2.99. The Morgan fingerprint density at radius 1 is 1.09 bits per heavy atom. The summed E-state index contributed by atoms with van der Waals surface area (Å²) in [5.41, 5.74) is 4.03. The first-order valence-electron chi connectivity index (χ1n) is 10.8. The summed E-state index contributed by atoms with van der Waals surface area (Å²) in [7, 11) is 7.20. The fourth-order valence-electron chi connectivity index (χ4n) is 4.01. The van der Waals surface area contributed by atoms with E-state index in [2.05, 4.69) is 39.5 Å². The second-order valence-corrected chi connectivity index (χ2v) is 8.47. The third-order valence-corrected chi connectivity index (χ3v) is 5.93. The topological polar surface area (TPSA) is 72.9 Å². The molecule has 0 spiro atoms. The van der Waals surface area contributed by atoms with Gasteiger partial charge in [0, 0.05) is 44.5 Å². The number of anilines is 1. The summed E-state index contributed by atoms with van der Waals surface area (Å²) in [4.78, 5) is 19.6. The van der Waals surface area contributed by atoms with E-state index in [1.165, 1.54) is 0 Å². The molecular formula is C26H29N3O4. The molecular weight excluding hydrogens is 418 g/mol. The maximum atomic E-state index is 13.1. The number of fused-ring (bicyclic) bond motifs is 1. The Labute approximate surface area is 194 Å². The molecule has 1 aliphatic rings. The number of methoxy groups -OCH3 is 2. The van der Waals surface area contributed by atoms with E-state index in [-0.39, 0.29) is 5.91 Å². The summed E-state index contributed by atoms with van der Waals surface area (Å²) in [6, 6.07) is 15.9. The number of benzene rings is 2. The number of hydrogen-bond donors (Lipinski definition) is 1. The number of rotatable bonds is 7. The summed E-state index contributed by atoms with van der Waals surface area (Å²) in [5.74, 6) is 1.58. The second-order valence-electron chi connectivity index (χ2n) is 8.47. The number of ether oxygens (including phenoxy) is 3. The van der Waals surface area contributed by atoms with Gasteiger partial charge in [-0.05, 0) is 53.9 Å². The number of nitrogens with one attached hydrogen (secondary N) is 1. The van der Waals surface area contributed by atoms with E-state index < -0.39 is 5.60 Å². The first kappa shape index (κ1) is 22.5. The minimum absolute atomic E-state index is 0.191. The van der Waals surface area contributed by atoms with Crippen LogP contribution in [-0.4, -0.2) is 44.8 Å². The molecule has 7 heteroatoms. The number of amides is 1. The maximum absolute atomic E-state index is 13.1. The molecule has 1 amide bonds. The van der Waals surface area contributed by atoms with Crippen LogP contribution < -0.4 is 24.4 Å². The van der Waals surface area contributed by atoms with Crippen molar-refractivity contribution in [2.24, 2.45) is 0 Å². The van der Waals surface area contributed by atoms with Crippen molar-refractivity contribution in [1.29, 1.82) is 0 Å². The van der Waals surface area contributed by atoms with Crippen molar-refractivity contribution in [1.82, 2.24) is 10.3 Å². The number of carbonyl (C=O) groups excluding carboxylic acids is 1. The SMILES string of the molecule is COc1ccc(CNC(=O)C2(C)Cc3c(-c4ccc(N(C)C)cc4)ccnc3O2)cc1OC. The van der Waals surface area contributed by atoms with Crippen LogP contribution in [0.5, 0.6) is 17.4 Å². The van der Waals surface area contributed by atoms with Crippen LogP contribution in [0.15, 0.2) is 54.7 Å². The van der Waals surface area contributed by atoms with Crippen molar-refractivity contribution >= 4 is 11.6 Å². The van der Waals surface area contributed by atoms with Gasteiger partial charge in [0.25, 0.3) is 5.91 Å². The lowest BCUT2D eigenvalue weighted by molar-refractivity contribution is -0.134. The molecule has 0 saturated heterocycles. The standard InChI is InChI=1S/C26H29N3O4/c1-26(25(30)28-16-17-6-11-22(31-4)23(14-17)32-5)15-21-20(12-13-27-24(21)33-26)18-7-9-19(10-8-18)29(2)3/h6-14H,15-16H2,1-5H3,(H,28,30). The molecule has 2 aromatic carbocycles. The summed E-state index contributed by atoms with van der Waals surface area (Å²) >= 11 is 0. The lowest BCUT2D eigenvalue weighted by Gasteiger charge is -2.22. The Bertz CT molecular complexity index is 1160. The molecule has 0 bridgehead atoms. The molecule has 0 aliphatic carbocycles. The molecule has 2 heterocycles. The molecule has 3 aromatic rings. The maximum Gasteiger partial charge on any atom is 0.264 e. The summed E-state index contributed by atoms with van der Waals surface area (Å²) < 4.78 is 16.7. The van der Waals surface area contributed by atoms with Crippen LogP contribution >= 0.6 is 0 Å². The molecule has 33 heavy (non-hydrogen) atoms. The van der Waals surface area contributed by atoms with Crippen LogP contribution in [0.4, 0.5) is 5.69 Å². The van der Waals surface area contributed by atoms with Gasteiger partial charge in [-0.15, -0.1) is 0 Å². The molecule has 1 aliphatic heterocycles. The van der Waals surface area contributed by atoms with E-state index in [4.69, 9.17) is 14.2 Å². The lowest BCUT2D eigenvalue weighted by Crippen LogP contribution is -2.47. The highest BCUT2D eigenvalue weighted by atomic mass is 16.5. The van der Waals surface area contributed by atoms with Crippen molar-refractivity contribution in [2.45, 2.75) is 25.5 Å². The smallest absolute Gasteiger partial charge is 0.264 e. The van der Waals surface area contributed by atoms with Gasteiger partial charge in [-0.1, -0.05) is 18.2 Å². The van der Waals surface area contributed by atoms with E-state index in [0.717, 1.165) is 27.9 Å². The summed E-state index contributed by atoms with van der Waals surface area (Å²) in [6.07, 6.45) is 2.17. The molecule has 1 atom stereocenters. The highest BCUT2D eigenvalue weighted by molar-refractivity contribution is 5.87. The number of nitrogens with zero attached hydrogens (tertiary/aromatic N) is 2. The molecule has 172 valence electrons. The Hall–Kier alpha value is -3.74. The van der Waals surface area contributed by atoms with Crippen LogP contribution in [0.2, 0.25) is 0 Å². The third kappa shape index (κ3) is 4.44. The zero-order valence-corrected chi connectivity index (χ0v) is 19.6. The fourth-order valence-corrected chi connectivity index (χ4v) is 4.01. The van der Waals surface area contributed by atoms with Gasteiger partial charge in [-0.25, -0.2) is 4.98 Å². The van der Waals surface area contributed by atoms with Gasteiger partial charge in [0.2, 0.25) is 5.88 Å². The van der Waals surface area contributed by atoms with Crippen molar-refractivity contribution in [3.05, 3.63) is 65.9 Å². The Morgan fingerprint density at radius 3 is 2.48 bits per heavy atom. The number of hydrogen-bond acceptors (Lipinski definition) is 6. The number of aromatic nitrogens is 1. The first-order chi connectivity index (χ1) is 15.8. The molecule has 1 N–H and O–H groups in total. The highest BCUT2D eigenvalue weighted by Gasteiger charge is 2.43. The Balaban J connectivity index is 1.50. The quantitative estimate of drug-likeness (QED) is 0.593. The van der Waals surface area contributed by atoms with Crippen molar-refractivity contribution in [3.8, 4) is 28.5 Å². The minimum atomic E-state index is -1.04.